The number of morpholine rings is 1. The van der Waals surface area contributed by atoms with Crippen LogP contribution in [-0.4, -0.2) is 88.8 Å². The number of benzene rings is 1. The number of hydrogen-bond acceptors (Lipinski definition) is 9. The Hall–Kier alpha value is -3.84. The number of carboxylic acids is 1. The van der Waals surface area contributed by atoms with Crippen molar-refractivity contribution in [1.82, 2.24) is 25.2 Å². The van der Waals surface area contributed by atoms with Crippen molar-refractivity contribution in [2.75, 3.05) is 56.2 Å². The highest BCUT2D eigenvalue weighted by Gasteiger charge is 2.37. The van der Waals surface area contributed by atoms with Crippen LogP contribution >= 0.6 is 11.3 Å². The summed E-state index contributed by atoms with van der Waals surface area (Å²) in [6, 6.07) is 3.33. The number of urea groups is 1. The Morgan fingerprint density at radius 2 is 1.77 bits per heavy atom. The number of carbonyl (C=O) groups is 3. The molecule has 206 valence electrons. The van der Waals surface area contributed by atoms with Crippen molar-refractivity contribution in [3.05, 3.63) is 30.1 Å². The molecule has 1 aromatic carbocycles. The fourth-order valence-electron chi connectivity index (χ4n) is 4.70. The second kappa shape index (κ2) is 11.1. The largest absolute Gasteiger partial charge is 0.481 e. The molecule has 3 aromatic rings. The van der Waals surface area contributed by atoms with E-state index in [1.807, 2.05) is 24.0 Å². The number of hydrogen-bond donors (Lipinski definition) is 3. The fourth-order valence-corrected chi connectivity index (χ4v) is 5.64. The summed E-state index contributed by atoms with van der Waals surface area (Å²) < 4.78 is 6.10. The predicted octanol–water partition coefficient (Wildman–Crippen LogP) is 3.06. The van der Waals surface area contributed by atoms with Crippen LogP contribution < -0.4 is 15.5 Å². The summed E-state index contributed by atoms with van der Waals surface area (Å²) in [5, 5.41) is 15.3. The Balaban J connectivity index is 1.44. The lowest BCUT2D eigenvalue weighted by atomic mass is 9.80. The molecular weight excluding hydrogens is 522 g/mol. The minimum Gasteiger partial charge on any atom is -0.481 e. The number of rotatable bonds is 6. The number of fused-ring (bicyclic) bond motifs is 1. The summed E-state index contributed by atoms with van der Waals surface area (Å²) in [5.41, 5.74) is 1.81. The zero-order valence-corrected chi connectivity index (χ0v) is 22.7. The number of aliphatic carboxylic acids is 1. The van der Waals surface area contributed by atoms with Crippen LogP contribution in [0.5, 0.6) is 0 Å². The smallest absolute Gasteiger partial charge is 0.321 e. The van der Waals surface area contributed by atoms with Gasteiger partial charge in [0.2, 0.25) is 5.95 Å². The number of ether oxygens (including phenoxy) is 1. The van der Waals surface area contributed by atoms with Crippen molar-refractivity contribution < 1.29 is 24.2 Å². The standard InChI is InChI=1S/C26H31N7O5S/c1-3-27-24(37)31-25-30-19-13-16(12-18(20(19)39-25)21(34)32-8-10-38-11-9-32)17-14-28-23(29-15-17)33-6-4-26(2,5-7-33)22(35)36/h12-15H,3-11H2,1-2H3,(H,35,36)(H2,27,30,31,37). The number of thiazole rings is 1. The maximum Gasteiger partial charge on any atom is 0.321 e. The molecule has 0 aliphatic carbocycles. The SMILES string of the molecule is CCNC(=O)Nc1nc2cc(-c3cnc(N4CCC(C)(C(=O)O)CC4)nc3)cc(C(=O)N3CCOCC3)c2s1. The van der Waals surface area contributed by atoms with Crippen LogP contribution in [0.3, 0.4) is 0 Å². The first-order chi connectivity index (χ1) is 18.8. The van der Waals surface area contributed by atoms with Crippen LogP contribution in [0.1, 0.15) is 37.0 Å². The molecule has 0 saturated carbocycles. The zero-order valence-electron chi connectivity index (χ0n) is 21.9. The van der Waals surface area contributed by atoms with Crippen molar-refractivity contribution in [2.24, 2.45) is 5.41 Å². The van der Waals surface area contributed by atoms with Gasteiger partial charge in [-0.25, -0.2) is 19.7 Å². The number of nitrogens with one attached hydrogen (secondary N) is 2. The molecule has 2 saturated heterocycles. The van der Waals surface area contributed by atoms with E-state index in [9.17, 15) is 19.5 Å². The van der Waals surface area contributed by atoms with Gasteiger partial charge in [0.1, 0.15) is 0 Å². The first-order valence-corrected chi connectivity index (χ1v) is 13.8. The van der Waals surface area contributed by atoms with E-state index >= 15 is 0 Å². The van der Waals surface area contributed by atoms with E-state index in [2.05, 4.69) is 25.6 Å². The predicted molar refractivity (Wildman–Crippen MR) is 147 cm³/mol. The molecule has 13 heteroatoms. The highest BCUT2D eigenvalue weighted by molar-refractivity contribution is 7.22. The fraction of sp³-hybridized carbons (Fsp3) is 0.462. The van der Waals surface area contributed by atoms with Crippen LogP contribution in [0, 0.1) is 5.41 Å². The van der Waals surface area contributed by atoms with Crippen LogP contribution in [0.25, 0.3) is 21.3 Å². The lowest BCUT2D eigenvalue weighted by Crippen LogP contribution is -2.43. The van der Waals surface area contributed by atoms with Crippen molar-refractivity contribution >= 4 is 50.5 Å². The highest BCUT2D eigenvalue weighted by Crippen LogP contribution is 2.35. The van der Waals surface area contributed by atoms with Crippen LogP contribution in [0.2, 0.25) is 0 Å². The molecule has 0 spiro atoms. The Kier molecular flexibility index (Phi) is 7.62. The van der Waals surface area contributed by atoms with Gasteiger partial charge in [-0.1, -0.05) is 11.3 Å². The third-order valence-corrected chi connectivity index (χ3v) is 8.23. The van der Waals surface area contributed by atoms with Gasteiger partial charge in [-0.15, -0.1) is 0 Å². The van der Waals surface area contributed by atoms with Crippen molar-refractivity contribution in [1.29, 1.82) is 0 Å². The summed E-state index contributed by atoms with van der Waals surface area (Å²) in [4.78, 5) is 54.6. The quantitative estimate of drug-likeness (QED) is 0.418. The molecule has 0 bridgehead atoms. The minimum atomic E-state index is -0.775. The normalized spacial score (nSPS) is 17.2. The summed E-state index contributed by atoms with van der Waals surface area (Å²) in [6.07, 6.45) is 4.45. The second-order valence-electron chi connectivity index (χ2n) is 9.90. The zero-order chi connectivity index (χ0) is 27.6. The molecule has 2 aromatic heterocycles. The molecule has 2 fully saturated rings. The number of anilines is 2. The number of carboxylic acid groups (broad SMARTS) is 1. The summed E-state index contributed by atoms with van der Waals surface area (Å²) >= 11 is 1.26. The number of piperidine rings is 1. The minimum absolute atomic E-state index is 0.120. The van der Waals surface area contributed by atoms with E-state index in [1.54, 1.807) is 24.2 Å². The highest BCUT2D eigenvalue weighted by atomic mass is 32.1. The van der Waals surface area contributed by atoms with Gasteiger partial charge in [0.25, 0.3) is 5.91 Å². The topological polar surface area (TPSA) is 150 Å². The third-order valence-electron chi connectivity index (χ3n) is 7.21. The van der Waals surface area contributed by atoms with E-state index in [0.29, 0.717) is 85.6 Å². The maximum absolute atomic E-state index is 13.6. The number of amides is 3. The van der Waals surface area contributed by atoms with Crippen molar-refractivity contribution in [2.45, 2.75) is 26.7 Å². The Bertz CT molecular complexity index is 1380. The first kappa shape index (κ1) is 26.8. The number of nitrogens with zero attached hydrogens (tertiary/aromatic N) is 5. The molecule has 39 heavy (non-hydrogen) atoms. The van der Waals surface area contributed by atoms with Crippen LogP contribution in [0.4, 0.5) is 15.9 Å². The van der Waals surface area contributed by atoms with Gasteiger partial charge in [-0.3, -0.25) is 14.9 Å². The Morgan fingerprint density at radius 1 is 1.08 bits per heavy atom. The molecule has 5 rings (SSSR count). The number of carbonyl (C=O) groups excluding carboxylic acids is 2. The van der Waals surface area contributed by atoms with Crippen molar-refractivity contribution in [3.63, 3.8) is 0 Å². The van der Waals surface area contributed by atoms with Gasteiger partial charge >= 0.3 is 12.0 Å². The average Bonchev–Trinajstić information content (AvgIpc) is 3.35. The van der Waals surface area contributed by atoms with Gasteiger partial charge in [0.15, 0.2) is 5.13 Å². The lowest BCUT2D eigenvalue weighted by molar-refractivity contribution is -0.149. The van der Waals surface area contributed by atoms with E-state index < -0.39 is 11.4 Å². The molecule has 0 atom stereocenters. The van der Waals surface area contributed by atoms with E-state index in [4.69, 9.17) is 4.74 Å². The van der Waals surface area contributed by atoms with Gasteiger partial charge < -0.3 is 25.0 Å². The van der Waals surface area contributed by atoms with Gasteiger partial charge in [0, 0.05) is 50.7 Å². The van der Waals surface area contributed by atoms with E-state index in [-0.39, 0.29) is 11.9 Å². The number of aromatic nitrogens is 3. The van der Waals surface area contributed by atoms with Crippen LogP contribution in [-0.2, 0) is 9.53 Å². The molecule has 2 aliphatic rings. The van der Waals surface area contributed by atoms with Gasteiger partial charge in [0.05, 0.1) is 34.4 Å². The van der Waals surface area contributed by atoms with Gasteiger partial charge in [-0.05, 0) is 44.4 Å². The molecule has 3 N–H and O–H groups in total. The van der Waals surface area contributed by atoms with E-state index in [0.717, 1.165) is 11.1 Å². The van der Waals surface area contributed by atoms with Gasteiger partial charge in [-0.2, -0.15) is 0 Å². The maximum atomic E-state index is 13.6. The summed E-state index contributed by atoms with van der Waals surface area (Å²) in [6.45, 7) is 7.18. The van der Waals surface area contributed by atoms with Crippen LogP contribution in [0.15, 0.2) is 24.5 Å². The monoisotopic (exact) mass is 553 g/mol. The van der Waals surface area contributed by atoms with E-state index in [1.165, 1.54) is 11.3 Å². The van der Waals surface area contributed by atoms with Crippen molar-refractivity contribution in [3.8, 4) is 11.1 Å². The molecular formula is C26H31N7O5S. The molecule has 2 aliphatic heterocycles. The summed E-state index contributed by atoms with van der Waals surface area (Å²) in [5.74, 6) is -0.354. The first-order valence-electron chi connectivity index (χ1n) is 12.9. The molecule has 12 nitrogen and oxygen atoms in total. The Morgan fingerprint density at radius 3 is 2.41 bits per heavy atom. The third kappa shape index (κ3) is 5.64. The summed E-state index contributed by atoms with van der Waals surface area (Å²) in [7, 11) is 0. The average molecular weight is 554 g/mol. The molecule has 4 heterocycles. The Labute approximate surface area is 229 Å². The molecule has 0 unspecified atom stereocenters. The lowest BCUT2D eigenvalue weighted by Gasteiger charge is -2.36. The molecule has 0 radical (unpaired) electrons. The molecule has 3 amide bonds. The second-order valence-corrected chi connectivity index (χ2v) is 10.9.